The Kier molecular flexibility index (Phi) is 8.24. The number of carbonyl (C=O) groups is 1. The molecule has 0 atom stereocenters. The molecule has 1 aromatic carbocycles. The minimum absolute atomic E-state index is 0. The van der Waals surface area contributed by atoms with Crippen molar-refractivity contribution in [3.8, 4) is 0 Å². The molecule has 2 rings (SSSR count). The van der Waals surface area contributed by atoms with Gasteiger partial charge in [0, 0.05) is 65.0 Å². The van der Waals surface area contributed by atoms with Crippen LogP contribution in [0.5, 0.6) is 0 Å². The fourth-order valence-electron chi connectivity index (χ4n) is 2.60. The topological polar surface area (TPSA) is 52.8 Å². The number of hydrogen-bond acceptors (Lipinski definition) is 4. The molecule has 5 nitrogen and oxygen atoms in total. The zero-order valence-corrected chi connectivity index (χ0v) is 14.1. The van der Waals surface area contributed by atoms with E-state index in [1.807, 2.05) is 13.1 Å². The van der Waals surface area contributed by atoms with Crippen LogP contribution in [0.4, 0.5) is 5.69 Å². The number of nitrogens with two attached hydrogens (primary N) is 1. The third kappa shape index (κ3) is 5.48. The predicted molar refractivity (Wildman–Crippen MR) is 93.7 cm³/mol. The minimum atomic E-state index is 0. The highest BCUT2D eigenvalue weighted by Crippen LogP contribution is 2.15. The van der Waals surface area contributed by atoms with E-state index in [0.717, 1.165) is 39.3 Å². The third-order valence-electron chi connectivity index (χ3n) is 4.03. The van der Waals surface area contributed by atoms with Crippen molar-refractivity contribution in [1.29, 1.82) is 0 Å². The minimum Gasteiger partial charge on any atom is -0.369 e. The van der Waals surface area contributed by atoms with Gasteiger partial charge >= 0.3 is 0 Å². The van der Waals surface area contributed by atoms with E-state index in [9.17, 15) is 4.79 Å². The average Bonchev–Trinajstić information content (AvgIpc) is 2.54. The van der Waals surface area contributed by atoms with E-state index in [4.69, 9.17) is 5.73 Å². The number of rotatable bonds is 6. The van der Waals surface area contributed by atoms with E-state index in [2.05, 4.69) is 34.1 Å². The first-order valence-corrected chi connectivity index (χ1v) is 7.67. The van der Waals surface area contributed by atoms with Gasteiger partial charge in [0.1, 0.15) is 0 Å². The Bertz CT molecular complexity index is 435. The number of piperazine rings is 1. The molecule has 1 aliphatic rings. The maximum Gasteiger partial charge on any atom is 0.223 e. The highest BCUT2D eigenvalue weighted by atomic mass is 35.5. The average molecular weight is 327 g/mol. The van der Waals surface area contributed by atoms with Crippen molar-refractivity contribution >= 4 is 24.0 Å². The lowest BCUT2D eigenvalue weighted by molar-refractivity contribution is -0.129. The lowest BCUT2D eigenvalue weighted by atomic mass is 10.2. The number of amides is 1. The molecule has 2 N–H and O–H groups in total. The summed E-state index contributed by atoms with van der Waals surface area (Å²) in [6.45, 7) is 6.34. The van der Waals surface area contributed by atoms with Crippen molar-refractivity contribution in [2.24, 2.45) is 5.73 Å². The molecular weight excluding hydrogens is 300 g/mol. The molecule has 0 radical (unpaired) electrons. The zero-order valence-electron chi connectivity index (χ0n) is 13.3. The number of anilines is 1. The second kappa shape index (κ2) is 9.66. The summed E-state index contributed by atoms with van der Waals surface area (Å²) in [6.07, 6.45) is 0.443. The lowest BCUT2D eigenvalue weighted by Crippen LogP contribution is -2.48. The molecular formula is C16H27ClN4O. The number of carbonyl (C=O) groups excluding carboxylic acids is 1. The van der Waals surface area contributed by atoms with E-state index >= 15 is 0 Å². The zero-order chi connectivity index (χ0) is 15.1. The molecule has 0 aliphatic carbocycles. The Morgan fingerprint density at radius 2 is 1.82 bits per heavy atom. The van der Waals surface area contributed by atoms with Gasteiger partial charge in [0.05, 0.1) is 0 Å². The highest BCUT2D eigenvalue weighted by molar-refractivity contribution is 5.85. The lowest BCUT2D eigenvalue weighted by Gasteiger charge is -2.36. The summed E-state index contributed by atoms with van der Waals surface area (Å²) in [6, 6.07) is 10.5. The van der Waals surface area contributed by atoms with Crippen molar-refractivity contribution in [2.45, 2.75) is 6.42 Å². The summed E-state index contributed by atoms with van der Waals surface area (Å²) >= 11 is 0. The first-order chi connectivity index (χ1) is 10.2. The molecule has 22 heavy (non-hydrogen) atoms. The van der Waals surface area contributed by atoms with Gasteiger partial charge in [-0.2, -0.15) is 0 Å². The maximum atomic E-state index is 11.7. The number of halogens is 1. The molecule has 0 bridgehead atoms. The second-order valence-corrected chi connectivity index (χ2v) is 5.52. The molecule has 6 heteroatoms. The Labute approximate surface area is 139 Å². The summed E-state index contributed by atoms with van der Waals surface area (Å²) in [4.78, 5) is 18.3. The number of likely N-dealkylation sites (N-methyl/N-ethyl adjacent to an activating group) is 1. The Morgan fingerprint density at radius 1 is 1.18 bits per heavy atom. The fraction of sp³-hybridized carbons (Fsp3) is 0.562. The molecule has 1 amide bonds. The number of para-hydroxylation sites is 1. The van der Waals surface area contributed by atoms with Crippen LogP contribution in [-0.4, -0.2) is 68.6 Å². The standard InChI is InChI=1S/C16H26N4O.ClH/c1-18(16(21)7-8-17)9-10-19-11-13-20(14-12-19)15-5-3-2-4-6-15;/h2-6H,7-14,17H2,1H3;1H. The van der Waals surface area contributed by atoms with Gasteiger partial charge in [-0.15, -0.1) is 12.4 Å². The van der Waals surface area contributed by atoms with E-state index in [1.54, 1.807) is 4.90 Å². The van der Waals surface area contributed by atoms with Crippen molar-refractivity contribution in [3.63, 3.8) is 0 Å². The molecule has 0 unspecified atom stereocenters. The molecule has 0 saturated carbocycles. The van der Waals surface area contributed by atoms with Gasteiger partial charge in [0.25, 0.3) is 0 Å². The van der Waals surface area contributed by atoms with E-state index in [0.29, 0.717) is 13.0 Å². The Balaban J connectivity index is 0.00000242. The highest BCUT2D eigenvalue weighted by Gasteiger charge is 2.17. The van der Waals surface area contributed by atoms with Gasteiger partial charge in [-0.3, -0.25) is 9.69 Å². The fourth-order valence-corrected chi connectivity index (χ4v) is 2.60. The first-order valence-electron chi connectivity index (χ1n) is 7.67. The summed E-state index contributed by atoms with van der Waals surface area (Å²) in [7, 11) is 1.86. The van der Waals surface area contributed by atoms with Crippen molar-refractivity contribution in [1.82, 2.24) is 9.80 Å². The van der Waals surface area contributed by atoms with Crippen LogP contribution in [0.25, 0.3) is 0 Å². The van der Waals surface area contributed by atoms with Crippen LogP contribution in [0.3, 0.4) is 0 Å². The van der Waals surface area contributed by atoms with Crippen LogP contribution in [0.2, 0.25) is 0 Å². The SMILES string of the molecule is CN(CCN1CCN(c2ccccc2)CC1)C(=O)CCN.Cl. The van der Waals surface area contributed by atoms with Crippen LogP contribution in [0.1, 0.15) is 6.42 Å². The summed E-state index contributed by atoms with van der Waals surface area (Å²) in [5, 5.41) is 0. The van der Waals surface area contributed by atoms with Gasteiger partial charge in [0.2, 0.25) is 5.91 Å². The van der Waals surface area contributed by atoms with Gasteiger partial charge in [-0.1, -0.05) is 18.2 Å². The normalized spacial score (nSPS) is 15.3. The summed E-state index contributed by atoms with van der Waals surface area (Å²) in [5.74, 6) is 0.139. The molecule has 1 saturated heterocycles. The van der Waals surface area contributed by atoms with Crippen LogP contribution in [0.15, 0.2) is 30.3 Å². The van der Waals surface area contributed by atoms with Crippen LogP contribution in [-0.2, 0) is 4.79 Å². The summed E-state index contributed by atoms with van der Waals surface area (Å²) in [5.41, 5.74) is 6.71. The molecule has 1 fully saturated rings. The molecule has 0 aromatic heterocycles. The largest absolute Gasteiger partial charge is 0.369 e. The molecule has 1 aliphatic heterocycles. The van der Waals surface area contributed by atoms with Crippen LogP contribution < -0.4 is 10.6 Å². The van der Waals surface area contributed by atoms with Crippen LogP contribution in [0, 0.1) is 0 Å². The van der Waals surface area contributed by atoms with E-state index in [1.165, 1.54) is 5.69 Å². The quantitative estimate of drug-likeness (QED) is 0.848. The maximum absolute atomic E-state index is 11.7. The molecule has 124 valence electrons. The number of benzene rings is 1. The van der Waals surface area contributed by atoms with Gasteiger partial charge in [0.15, 0.2) is 0 Å². The van der Waals surface area contributed by atoms with E-state index in [-0.39, 0.29) is 18.3 Å². The number of nitrogens with zero attached hydrogens (tertiary/aromatic N) is 3. The van der Waals surface area contributed by atoms with Crippen molar-refractivity contribution in [3.05, 3.63) is 30.3 Å². The second-order valence-electron chi connectivity index (χ2n) is 5.52. The Hall–Kier alpha value is -1.30. The molecule has 1 aromatic rings. The van der Waals surface area contributed by atoms with Crippen molar-refractivity contribution in [2.75, 3.05) is 57.8 Å². The van der Waals surface area contributed by atoms with E-state index < -0.39 is 0 Å². The first kappa shape index (κ1) is 18.7. The van der Waals surface area contributed by atoms with Gasteiger partial charge in [-0.25, -0.2) is 0 Å². The predicted octanol–water partition coefficient (Wildman–Crippen LogP) is 1.04. The van der Waals surface area contributed by atoms with Crippen LogP contribution >= 0.6 is 12.4 Å². The smallest absolute Gasteiger partial charge is 0.223 e. The monoisotopic (exact) mass is 326 g/mol. The third-order valence-corrected chi connectivity index (χ3v) is 4.03. The summed E-state index contributed by atoms with van der Waals surface area (Å²) < 4.78 is 0. The molecule has 1 heterocycles. The number of hydrogen-bond donors (Lipinski definition) is 1. The molecule has 0 spiro atoms. The Morgan fingerprint density at radius 3 is 2.41 bits per heavy atom. The van der Waals surface area contributed by atoms with Crippen molar-refractivity contribution < 1.29 is 4.79 Å². The van der Waals surface area contributed by atoms with Gasteiger partial charge in [-0.05, 0) is 12.1 Å². The van der Waals surface area contributed by atoms with Gasteiger partial charge < -0.3 is 15.5 Å².